The molecule has 1 unspecified atom stereocenters. The number of aromatic amines is 1. The molecule has 110 valence electrons. The van der Waals surface area contributed by atoms with Gasteiger partial charge < -0.3 is 10.2 Å². The summed E-state index contributed by atoms with van der Waals surface area (Å²) in [7, 11) is 4.06. The number of aromatic nitrogens is 5. The van der Waals surface area contributed by atoms with Gasteiger partial charge in [0.05, 0.1) is 23.5 Å². The van der Waals surface area contributed by atoms with Crippen molar-refractivity contribution in [3.8, 4) is 0 Å². The van der Waals surface area contributed by atoms with Gasteiger partial charge in [0.25, 0.3) is 0 Å². The molecule has 0 saturated heterocycles. The number of likely N-dealkylation sites (N-methyl/N-ethyl adjacent to an activating group) is 1. The van der Waals surface area contributed by atoms with Crippen LogP contribution in [-0.4, -0.2) is 57.0 Å². The molecule has 2 aromatic heterocycles. The van der Waals surface area contributed by atoms with E-state index in [0.717, 1.165) is 31.2 Å². The Morgan fingerprint density at radius 2 is 2.30 bits per heavy atom. The van der Waals surface area contributed by atoms with E-state index in [-0.39, 0.29) is 6.04 Å². The van der Waals surface area contributed by atoms with Crippen LogP contribution >= 0.6 is 11.6 Å². The summed E-state index contributed by atoms with van der Waals surface area (Å²) >= 11 is 6.31. The number of hydrogen-bond acceptors (Lipinski definition) is 5. The van der Waals surface area contributed by atoms with Gasteiger partial charge in [-0.2, -0.15) is 10.2 Å². The Kier molecular flexibility index (Phi) is 5.11. The number of nitrogens with zero attached hydrogens (tertiary/aromatic N) is 5. The van der Waals surface area contributed by atoms with Crippen LogP contribution in [-0.2, 0) is 6.54 Å². The first kappa shape index (κ1) is 15.0. The first-order valence-corrected chi connectivity index (χ1v) is 6.95. The molecule has 1 atom stereocenters. The van der Waals surface area contributed by atoms with Gasteiger partial charge in [0.2, 0.25) is 0 Å². The number of halogens is 1. The summed E-state index contributed by atoms with van der Waals surface area (Å²) in [4.78, 5) is 6.34. The van der Waals surface area contributed by atoms with Crippen LogP contribution in [0.4, 0.5) is 0 Å². The smallest absolute Gasteiger partial charge is 0.147 e. The van der Waals surface area contributed by atoms with Gasteiger partial charge in [-0.3, -0.25) is 9.78 Å². The number of hydrogen-bond donors (Lipinski definition) is 2. The highest BCUT2D eigenvalue weighted by atomic mass is 35.5. The number of H-pyrrole nitrogens is 1. The van der Waals surface area contributed by atoms with E-state index in [1.54, 1.807) is 6.20 Å². The maximum absolute atomic E-state index is 6.31. The third kappa shape index (κ3) is 3.36. The van der Waals surface area contributed by atoms with Crippen molar-refractivity contribution >= 4 is 11.6 Å². The van der Waals surface area contributed by atoms with Crippen molar-refractivity contribution < 1.29 is 0 Å². The predicted octanol–water partition coefficient (Wildman–Crippen LogP) is 0.915. The van der Waals surface area contributed by atoms with Gasteiger partial charge in [0.15, 0.2) is 0 Å². The maximum Gasteiger partial charge on any atom is 0.147 e. The maximum atomic E-state index is 6.31. The van der Waals surface area contributed by atoms with Crippen molar-refractivity contribution in [1.29, 1.82) is 0 Å². The highest BCUT2D eigenvalue weighted by Crippen LogP contribution is 2.26. The zero-order valence-electron chi connectivity index (χ0n) is 12.0. The van der Waals surface area contributed by atoms with Crippen LogP contribution in [0.3, 0.4) is 0 Å². The molecule has 2 aromatic rings. The summed E-state index contributed by atoms with van der Waals surface area (Å²) in [6, 6.07) is -0.139. The second kappa shape index (κ2) is 6.83. The topological polar surface area (TPSA) is 74.7 Å². The highest BCUT2D eigenvalue weighted by molar-refractivity contribution is 6.31. The molecule has 0 fully saturated rings. The Morgan fingerprint density at radius 3 is 2.90 bits per heavy atom. The summed E-state index contributed by atoms with van der Waals surface area (Å²) < 4.78 is 1.91. The van der Waals surface area contributed by atoms with E-state index in [4.69, 9.17) is 11.6 Å². The fourth-order valence-corrected chi connectivity index (χ4v) is 2.26. The Labute approximate surface area is 123 Å². The van der Waals surface area contributed by atoms with Crippen molar-refractivity contribution in [3.63, 3.8) is 0 Å². The molecule has 0 aliphatic heterocycles. The lowest BCUT2D eigenvalue weighted by atomic mass is 10.2. The van der Waals surface area contributed by atoms with Gasteiger partial charge in [-0.15, -0.1) is 0 Å². The minimum absolute atomic E-state index is 0.139. The van der Waals surface area contributed by atoms with Crippen molar-refractivity contribution in [2.24, 2.45) is 0 Å². The van der Waals surface area contributed by atoms with E-state index in [1.807, 2.05) is 25.7 Å². The molecular formula is C12H20ClN7. The highest BCUT2D eigenvalue weighted by Gasteiger charge is 2.23. The number of rotatable bonds is 7. The van der Waals surface area contributed by atoms with Crippen LogP contribution in [0.1, 0.15) is 24.5 Å². The zero-order chi connectivity index (χ0) is 14.5. The van der Waals surface area contributed by atoms with E-state index in [0.29, 0.717) is 5.02 Å². The Morgan fingerprint density at radius 1 is 1.50 bits per heavy atom. The molecule has 0 aliphatic rings. The minimum atomic E-state index is -0.139. The molecular weight excluding hydrogens is 278 g/mol. The molecule has 0 amide bonds. The monoisotopic (exact) mass is 297 g/mol. The predicted molar refractivity (Wildman–Crippen MR) is 77.7 cm³/mol. The van der Waals surface area contributed by atoms with Gasteiger partial charge in [0.1, 0.15) is 18.2 Å². The second-order valence-corrected chi connectivity index (χ2v) is 5.17. The minimum Gasteiger partial charge on any atom is -0.308 e. The lowest BCUT2D eigenvalue weighted by Gasteiger charge is -2.19. The molecule has 2 heterocycles. The molecule has 20 heavy (non-hydrogen) atoms. The molecule has 0 bridgehead atoms. The average Bonchev–Trinajstić information content (AvgIpc) is 3.04. The molecule has 2 N–H and O–H groups in total. The largest absolute Gasteiger partial charge is 0.308 e. The fourth-order valence-electron chi connectivity index (χ4n) is 2.01. The van der Waals surface area contributed by atoms with E-state index in [9.17, 15) is 0 Å². The first-order valence-electron chi connectivity index (χ1n) is 6.58. The molecule has 7 nitrogen and oxygen atoms in total. The molecule has 8 heteroatoms. The Bertz CT molecular complexity index is 520. The van der Waals surface area contributed by atoms with Crippen LogP contribution in [0.2, 0.25) is 5.02 Å². The molecule has 0 aromatic carbocycles. The summed E-state index contributed by atoms with van der Waals surface area (Å²) in [5.41, 5.74) is 0.909. The zero-order valence-corrected chi connectivity index (χ0v) is 12.7. The van der Waals surface area contributed by atoms with Crippen molar-refractivity contribution in [3.05, 3.63) is 29.1 Å². The fraction of sp³-hybridized carbons (Fsp3) is 0.583. The third-order valence-electron chi connectivity index (χ3n) is 2.98. The van der Waals surface area contributed by atoms with Crippen molar-refractivity contribution in [2.45, 2.75) is 19.5 Å². The van der Waals surface area contributed by atoms with Crippen LogP contribution in [0, 0.1) is 0 Å². The number of nitrogens with one attached hydrogen (secondary N) is 2. The van der Waals surface area contributed by atoms with Gasteiger partial charge >= 0.3 is 0 Å². The van der Waals surface area contributed by atoms with Crippen LogP contribution < -0.4 is 5.32 Å². The molecule has 0 spiro atoms. The van der Waals surface area contributed by atoms with E-state index >= 15 is 0 Å². The summed E-state index contributed by atoms with van der Waals surface area (Å²) in [5, 5.41) is 15.2. The summed E-state index contributed by atoms with van der Waals surface area (Å²) in [6.07, 6.45) is 3.17. The lowest BCUT2D eigenvalue weighted by molar-refractivity contribution is 0.365. The normalized spacial score (nSPS) is 13.1. The van der Waals surface area contributed by atoms with Crippen molar-refractivity contribution in [2.75, 3.05) is 27.2 Å². The van der Waals surface area contributed by atoms with Crippen LogP contribution in [0.15, 0.2) is 12.5 Å². The molecule has 2 rings (SSSR count). The SMILES string of the molecule is CCNC(c1ncn[nH]1)c1c(Cl)cnn1CCN(C)C. The van der Waals surface area contributed by atoms with E-state index in [1.165, 1.54) is 6.33 Å². The third-order valence-corrected chi connectivity index (χ3v) is 3.27. The Balaban J connectivity index is 2.30. The standard InChI is InChI=1S/C12H20ClN7/c1-4-14-10(12-15-8-16-18-12)11-9(13)7-17-20(11)6-5-19(2)3/h7-8,10,14H,4-6H2,1-3H3,(H,15,16,18). The average molecular weight is 298 g/mol. The molecule has 0 saturated carbocycles. The van der Waals surface area contributed by atoms with Crippen molar-refractivity contribution in [1.82, 2.24) is 35.2 Å². The Hall–Kier alpha value is -1.44. The van der Waals surface area contributed by atoms with Gasteiger partial charge in [-0.05, 0) is 20.6 Å². The summed E-state index contributed by atoms with van der Waals surface area (Å²) in [5.74, 6) is 0.736. The quantitative estimate of drug-likeness (QED) is 0.795. The summed E-state index contributed by atoms with van der Waals surface area (Å²) in [6.45, 7) is 4.49. The van der Waals surface area contributed by atoms with Crippen LogP contribution in [0.25, 0.3) is 0 Å². The van der Waals surface area contributed by atoms with Gasteiger partial charge in [-0.25, -0.2) is 4.98 Å². The molecule has 0 aliphatic carbocycles. The van der Waals surface area contributed by atoms with Crippen LogP contribution in [0.5, 0.6) is 0 Å². The van der Waals surface area contributed by atoms with E-state index in [2.05, 4.69) is 30.5 Å². The lowest BCUT2D eigenvalue weighted by Crippen LogP contribution is -2.28. The molecule has 0 radical (unpaired) electrons. The van der Waals surface area contributed by atoms with Gasteiger partial charge in [0, 0.05) is 6.54 Å². The second-order valence-electron chi connectivity index (χ2n) is 4.77. The van der Waals surface area contributed by atoms with Gasteiger partial charge in [-0.1, -0.05) is 18.5 Å². The first-order chi connectivity index (χ1) is 9.63. The van der Waals surface area contributed by atoms with E-state index < -0.39 is 0 Å².